The lowest BCUT2D eigenvalue weighted by atomic mass is 10.1. The summed E-state index contributed by atoms with van der Waals surface area (Å²) in [6, 6.07) is 6.39. The summed E-state index contributed by atoms with van der Waals surface area (Å²) < 4.78 is 32.3. The van der Waals surface area contributed by atoms with Crippen molar-refractivity contribution in [3.8, 4) is 6.07 Å². The number of carbonyl (C=O) groups excluding carboxylic acids is 1. The number of H-pyrrole nitrogens is 1. The summed E-state index contributed by atoms with van der Waals surface area (Å²) in [5.41, 5.74) is 1.16. The highest BCUT2D eigenvalue weighted by atomic mass is 32.2. The second-order valence-electron chi connectivity index (χ2n) is 4.31. The van der Waals surface area contributed by atoms with Gasteiger partial charge in [-0.1, -0.05) is 6.07 Å². The highest BCUT2D eigenvalue weighted by Crippen LogP contribution is 2.25. The molecule has 0 saturated carbocycles. The summed E-state index contributed by atoms with van der Waals surface area (Å²) in [5, 5.41) is 9.71. The minimum absolute atomic E-state index is 0.140. The molecule has 0 radical (unpaired) electrons. The molecular weight excluding hydrogens is 296 g/mol. The summed E-state index contributed by atoms with van der Waals surface area (Å²) >= 11 is 0. The Morgan fingerprint density at radius 1 is 1.43 bits per heavy atom. The molecule has 2 rings (SSSR count). The molecule has 0 aliphatic heterocycles. The maximum atomic E-state index is 11.5. The van der Waals surface area contributed by atoms with E-state index in [1.54, 1.807) is 6.07 Å². The van der Waals surface area contributed by atoms with Crippen LogP contribution in [0.4, 0.5) is 4.79 Å². The summed E-state index contributed by atoms with van der Waals surface area (Å²) in [5.74, 6) is 0. The number of sulfone groups is 1. The van der Waals surface area contributed by atoms with Crippen LogP contribution < -0.4 is 0 Å². The predicted molar refractivity (Wildman–Crippen MR) is 73.3 cm³/mol. The second kappa shape index (κ2) is 5.46. The third-order valence-corrected chi connectivity index (χ3v) is 4.03. The molecule has 0 amide bonds. The Balaban J connectivity index is 2.50. The summed E-state index contributed by atoms with van der Waals surface area (Å²) in [7, 11) is -2.16. The molecule has 110 valence electrons. The van der Waals surface area contributed by atoms with Crippen molar-refractivity contribution in [3.05, 3.63) is 29.5 Å². The number of aromatic nitrogens is 1. The number of rotatable bonds is 3. The average Bonchev–Trinajstić information content (AvgIpc) is 2.80. The normalized spacial score (nSPS) is 11.1. The molecule has 0 unspecified atom stereocenters. The van der Waals surface area contributed by atoms with Gasteiger partial charge in [-0.25, -0.2) is 13.2 Å². The molecule has 0 atom stereocenters. The Hall–Kier alpha value is -2.53. The number of methoxy groups -OCH3 is 1. The molecule has 0 aliphatic rings. The van der Waals surface area contributed by atoms with E-state index < -0.39 is 16.0 Å². The molecule has 0 aliphatic carbocycles. The molecule has 8 heteroatoms. The molecule has 0 saturated heterocycles. The van der Waals surface area contributed by atoms with Crippen LogP contribution in [0.1, 0.15) is 11.3 Å². The van der Waals surface area contributed by atoms with Crippen molar-refractivity contribution in [1.82, 2.24) is 4.98 Å². The molecular formula is C13H12N2O5S. The summed E-state index contributed by atoms with van der Waals surface area (Å²) in [6.45, 7) is -0.145. The van der Waals surface area contributed by atoms with E-state index in [4.69, 9.17) is 10.00 Å². The monoisotopic (exact) mass is 308 g/mol. The number of hydrogen-bond acceptors (Lipinski definition) is 6. The smallest absolute Gasteiger partial charge is 0.438 e. The number of carbonyl (C=O) groups is 1. The van der Waals surface area contributed by atoms with Gasteiger partial charge >= 0.3 is 6.16 Å². The van der Waals surface area contributed by atoms with Gasteiger partial charge < -0.3 is 14.5 Å². The van der Waals surface area contributed by atoms with E-state index in [2.05, 4.69) is 9.72 Å². The Morgan fingerprint density at radius 2 is 2.14 bits per heavy atom. The van der Waals surface area contributed by atoms with Gasteiger partial charge in [0.1, 0.15) is 18.4 Å². The van der Waals surface area contributed by atoms with E-state index in [9.17, 15) is 13.2 Å². The molecule has 7 nitrogen and oxygen atoms in total. The Kier molecular flexibility index (Phi) is 3.86. The van der Waals surface area contributed by atoms with E-state index in [1.165, 1.54) is 19.2 Å². The quantitative estimate of drug-likeness (QED) is 0.865. The lowest BCUT2D eigenvalue weighted by Gasteiger charge is -2.03. The van der Waals surface area contributed by atoms with Crippen LogP contribution in [0.15, 0.2) is 23.1 Å². The fourth-order valence-corrected chi connectivity index (χ4v) is 2.55. The Labute approximate surface area is 121 Å². The molecule has 1 heterocycles. The van der Waals surface area contributed by atoms with Crippen LogP contribution in [0.5, 0.6) is 0 Å². The first kappa shape index (κ1) is 14.9. The summed E-state index contributed by atoms with van der Waals surface area (Å²) in [6.07, 6.45) is 0.241. The standard InChI is InChI=1S/C13H12N2O5S/c1-19-13(16)20-7-10-9-4-3-8(21(2,17)18)5-11(9)15-12(10)6-14/h3-5,15H,7H2,1-2H3. The number of nitriles is 1. The van der Waals surface area contributed by atoms with Gasteiger partial charge in [0.2, 0.25) is 0 Å². The van der Waals surface area contributed by atoms with E-state index in [0.29, 0.717) is 16.5 Å². The van der Waals surface area contributed by atoms with Crippen LogP contribution in [0, 0.1) is 11.3 Å². The van der Waals surface area contributed by atoms with Crippen molar-refractivity contribution < 1.29 is 22.7 Å². The number of nitrogens with zero attached hydrogens (tertiary/aromatic N) is 1. The number of benzene rings is 1. The van der Waals surface area contributed by atoms with Crippen molar-refractivity contribution in [1.29, 1.82) is 5.26 Å². The van der Waals surface area contributed by atoms with E-state index >= 15 is 0 Å². The molecule has 1 aromatic carbocycles. The van der Waals surface area contributed by atoms with Crippen molar-refractivity contribution >= 4 is 26.9 Å². The largest absolute Gasteiger partial charge is 0.508 e. The molecule has 1 N–H and O–H groups in total. The van der Waals surface area contributed by atoms with Crippen LogP contribution in [0.2, 0.25) is 0 Å². The molecule has 0 fully saturated rings. The maximum absolute atomic E-state index is 11.5. The van der Waals surface area contributed by atoms with Crippen LogP contribution in [0.25, 0.3) is 10.9 Å². The van der Waals surface area contributed by atoms with Crippen molar-refractivity contribution in [2.45, 2.75) is 11.5 Å². The highest BCUT2D eigenvalue weighted by Gasteiger charge is 2.16. The first-order chi connectivity index (χ1) is 9.86. The van der Waals surface area contributed by atoms with Crippen LogP contribution in [0.3, 0.4) is 0 Å². The molecule has 21 heavy (non-hydrogen) atoms. The van der Waals surface area contributed by atoms with Gasteiger partial charge in [0.05, 0.1) is 12.0 Å². The van der Waals surface area contributed by atoms with Gasteiger partial charge in [-0.3, -0.25) is 0 Å². The number of hydrogen-bond donors (Lipinski definition) is 1. The van der Waals surface area contributed by atoms with Crippen LogP contribution in [-0.2, 0) is 25.9 Å². The van der Waals surface area contributed by atoms with Crippen LogP contribution >= 0.6 is 0 Å². The zero-order valence-corrected chi connectivity index (χ0v) is 12.2. The zero-order valence-electron chi connectivity index (χ0n) is 11.3. The molecule has 1 aromatic heterocycles. The Morgan fingerprint density at radius 3 is 2.71 bits per heavy atom. The van der Waals surface area contributed by atoms with Gasteiger partial charge in [-0.2, -0.15) is 5.26 Å². The number of nitrogens with one attached hydrogen (secondary N) is 1. The van der Waals surface area contributed by atoms with Crippen molar-refractivity contribution in [2.75, 3.05) is 13.4 Å². The SMILES string of the molecule is COC(=O)OCc1c(C#N)[nH]c2cc(S(C)(=O)=O)ccc12. The highest BCUT2D eigenvalue weighted by molar-refractivity contribution is 7.90. The second-order valence-corrected chi connectivity index (χ2v) is 6.33. The molecule has 2 aromatic rings. The minimum Gasteiger partial charge on any atom is -0.438 e. The first-order valence-corrected chi connectivity index (χ1v) is 7.71. The van der Waals surface area contributed by atoms with E-state index in [0.717, 1.165) is 6.26 Å². The zero-order chi connectivity index (χ0) is 15.6. The predicted octanol–water partition coefficient (Wildman–Crippen LogP) is 1.73. The van der Waals surface area contributed by atoms with Gasteiger partial charge in [-0.15, -0.1) is 0 Å². The third-order valence-electron chi connectivity index (χ3n) is 2.92. The fraction of sp³-hybridized carbons (Fsp3) is 0.231. The number of aromatic amines is 1. The number of fused-ring (bicyclic) bond motifs is 1. The van der Waals surface area contributed by atoms with Gasteiger partial charge in [0, 0.05) is 22.7 Å². The minimum atomic E-state index is -3.34. The Bertz CT molecular complexity index is 845. The number of ether oxygens (including phenoxy) is 2. The van der Waals surface area contributed by atoms with Crippen LogP contribution in [-0.4, -0.2) is 32.9 Å². The van der Waals surface area contributed by atoms with Crippen molar-refractivity contribution in [2.24, 2.45) is 0 Å². The summed E-state index contributed by atoms with van der Waals surface area (Å²) in [4.78, 5) is 14.0. The average molecular weight is 308 g/mol. The molecule has 0 spiro atoms. The maximum Gasteiger partial charge on any atom is 0.508 e. The van der Waals surface area contributed by atoms with Gasteiger partial charge in [0.15, 0.2) is 9.84 Å². The third kappa shape index (κ3) is 2.98. The topological polar surface area (TPSA) is 109 Å². The van der Waals surface area contributed by atoms with Gasteiger partial charge in [0.25, 0.3) is 0 Å². The lowest BCUT2D eigenvalue weighted by Crippen LogP contribution is -2.04. The fourth-order valence-electron chi connectivity index (χ4n) is 1.90. The van der Waals surface area contributed by atoms with Gasteiger partial charge in [-0.05, 0) is 12.1 Å². The molecule has 0 bridgehead atoms. The van der Waals surface area contributed by atoms with E-state index in [1.807, 2.05) is 6.07 Å². The lowest BCUT2D eigenvalue weighted by molar-refractivity contribution is 0.0672. The van der Waals surface area contributed by atoms with E-state index in [-0.39, 0.29) is 17.2 Å². The first-order valence-electron chi connectivity index (χ1n) is 5.82. The van der Waals surface area contributed by atoms with Crippen molar-refractivity contribution in [3.63, 3.8) is 0 Å².